The van der Waals surface area contributed by atoms with E-state index in [9.17, 15) is 0 Å². The predicted molar refractivity (Wildman–Crippen MR) is 231 cm³/mol. The fourth-order valence-electron chi connectivity index (χ4n) is 8.07. The van der Waals surface area contributed by atoms with E-state index >= 15 is 0 Å². The minimum Gasteiger partial charge on any atom is -0.379 e. The van der Waals surface area contributed by atoms with Crippen molar-refractivity contribution in [2.45, 2.75) is 79.8 Å². The number of hydrogen-bond donors (Lipinski definition) is 6. The van der Waals surface area contributed by atoms with Gasteiger partial charge in [0.05, 0.1) is 22.7 Å². The molecule has 2 unspecified atom stereocenters. The Morgan fingerprint density at radius 1 is 0.370 bits per heavy atom. The summed E-state index contributed by atoms with van der Waals surface area (Å²) in [6.07, 6.45) is 0. The molecule has 2 atom stereocenters. The third kappa shape index (κ3) is 8.03. The van der Waals surface area contributed by atoms with E-state index in [0.29, 0.717) is 26.2 Å². The number of hydrogen-bond acceptors (Lipinski definition) is 6. The molecule has 6 nitrogen and oxygen atoms in total. The molecule has 0 radical (unpaired) electrons. The van der Waals surface area contributed by atoms with E-state index in [0.717, 1.165) is 22.7 Å². The quantitative estimate of drug-likeness (QED) is 0.103. The molecule has 54 heavy (non-hydrogen) atoms. The maximum absolute atomic E-state index is 3.90. The monoisotopic (exact) mass is 714 g/mol. The largest absolute Gasteiger partial charge is 0.379 e. The van der Waals surface area contributed by atoms with Crippen molar-refractivity contribution in [3.05, 3.63) is 177 Å². The molecule has 6 N–H and O–H groups in total. The molecule has 0 spiro atoms. The molecule has 1 aliphatic rings. The first-order chi connectivity index (χ1) is 26.3. The predicted octanol–water partition coefficient (Wildman–Crippen LogP) is 12.0. The summed E-state index contributed by atoms with van der Waals surface area (Å²) in [5.74, 6) is 0. The third-order valence-corrected chi connectivity index (χ3v) is 10.9. The second-order valence-electron chi connectivity index (χ2n) is 14.8. The van der Waals surface area contributed by atoms with Gasteiger partial charge in [0.2, 0.25) is 0 Å². The van der Waals surface area contributed by atoms with Gasteiger partial charge < -0.3 is 31.9 Å². The van der Waals surface area contributed by atoms with E-state index in [1.165, 1.54) is 67.0 Å². The Kier molecular flexibility index (Phi) is 11.1. The van der Waals surface area contributed by atoms with Crippen molar-refractivity contribution in [2.24, 2.45) is 0 Å². The molecule has 0 saturated heterocycles. The van der Waals surface area contributed by atoms with Gasteiger partial charge in [0.15, 0.2) is 0 Å². The molecule has 6 aromatic rings. The molecule has 6 heteroatoms. The second kappa shape index (κ2) is 16.4. The first-order valence-corrected chi connectivity index (χ1v) is 19.3. The van der Waals surface area contributed by atoms with Crippen LogP contribution in [-0.2, 0) is 26.2 Å². The van der Waals surface area contributed by atoms with Gasteiger partial charge in [-0.15, -0.1) is 0 Å². The van der Waals surface area contributed by atoms with Crippen molar-refractivity contribution in [1.29, 1.82) is 0 Å². The van der Waals surface area contributed by atoms with E-state index in [4.69, 9.17) is 0 Å². The van der Waals surface area contributed by atoms with Gasteiger partial charge in [0.1, 0.15) is 0 Å². The molecule has 0 aliphatic carbocycles. The Balaban J connectivity index is 1.27. The maximum atomic E-state index is 3.90. The summed E-state index contributed by atoms with van der Waals surface area (Å²) in [6, 6.07) is 43.7. The van der Waals surface area contributed by atoms with Gasteiger partial charge in [-0.25, -0.2) is 0 Å². The van der Waals surface area contributed by atoms with Crippen molar-refractivity contribution < 1.29 is 0 Å². The summed E-state index contributed by atoms with van der Waals surface area (Å²) >= 11 is 0. The van der Waals surface area contributed by atoms with Crippen LogP contribution in [0.4, 0.5) is 34.1 Å². The molecule has 0 fully saturated rings. The number of para-hydroxylation sites is 6. The van der Waals surface area contributed by atoms with Gasteiger partial charge in [-0.1, -0.05) is 97.1 Å². The highest BCUT2D eigenvalue weighted by molar-refractivity contribution is 5.71. The van der Waals surface area contributed by atoms with Crippen LogP contribution in [0.1, 0.15) is 81.6 Å². The van der Waals surface area contributed by atoms with E-state index in [1.807, 2.05) is 0 Å². The molecule has 0 saturated carbocycles. The molecule has 6 aromatic carbocycles. The lowest BCUT2D eigenvalue weighted by Gasteiger charge is -2.27. The zero-order valence-corrected chi connectivity index (χ0v) is 32.5. The Bertz CT molecular complexity index is 1950. The minimum atomic E-state index is 0.0782. The molecular weight excluding hydrogens is 661 g/mol. The Morgan fingerprint density at radius 2 is 0.630 bits per heavy atom. The lowest BCUT2D eigenvalue weighted by molar-refractivity contribution is 0.835. The van der Waals surface area contributed by atoms with Crippen molar-refractivity contribution in [3.8, 4) is 0 Å². The highest BCUT2D eigenvalue weighted by atomic mass is 15.0. The van der Waals surface area contributed by atoms with Gasteiger partial charge in [-0.2, -0.15) is 0 Å². The highest BCUT2D eigenvalue weighted by Crippen LogP contribution is 2.34. The average molecular weight is 715 g/mol. The van der Waals surface area contributed by atoms with Crippen molar-refractivity contribution in [1.82, 2.24) is 0 Å². The SMILES string of the molecule is Cc1cccc(C)c1NC(C)c1c2cccc1CNc1ccccc1NCc1cccc(c1C(C)Nc1c(C)cccc1C)CNc1ccccc1NC2. The smallest absolute Gasteiger partial charge is 0.0578 e. The molecule has 0 amide bonds. The van der Waals surface area contributed by atoms with Crippen LogP contribution in [-0.4, -0.2) is 0 Å². The highest BCUT2D eigenvalue weighted by Gasteiger charge is 2.20. The van der Waals surface area contributed by atoms with E-state index in [2.05, 4.69) is 195 Å². The van der Waals surface area contributed by atoms with Crippen LogP contribution in [0, 0.1) is 27.7 Å². The minimum absolute atomic E-state index is 0.0782. The van der Waals surface area contributed by atoms with Gasteiger partial charge in [-0.05, 0) is 121 Å². The standard InChI is InChI=1S/C48H54N6/c1-31-15-11-16-32(2)47(31)53-35(5)45-37-19-13-20-38(45)28-50-42-24-8-10-26-44(42)52-30-40-22-14-21-39(29-51-43-25-9-7-23-41(43)49-27-37)46(40)36(6)54-48-33(3)17-12-18-34(48)4/h7-26,35-36,49-54H,27-30H2,1-6H3. The van der Waals surface area contributed by atoms with Gasteiger partial charge in [0, 0.05) is 49.6 Å². The normalized spacial score (nSPS) is 13.9. The van der Waals surface area contributed by atoms with E-state index < -0.39 is 0 Å². The van der Waals surface area contributed by atoms with Crippen LogP contribution in [0.3, 0.4) is 0 Å². The molecular formula is C48H54N6. The van der Waals surface area contributed by atoms with Crippen LogP contribution in [0.5, 0.6) is 0 Å². The number of nitrogens with one attached hydrogen (secondary N) is 6. The first-order valence-electron chi connectivity index (χ1n) is 19.3. The van der Waals surface area contributed by atoms with E-state index in [-0.39, 0.29) is 12.1 Å². The zero-order chi connectivity index (χ0) is 37.6. The Labute approximate surface area is 321 Å². The van der Waals surface area contributed by atoms with Crippen LogP contribution in [0.15, 0.2) is 121 Å². The maximum Gasteiger partial charge on any atom is 0.0578 e. The fraction of sp³-hybridized carbons (Fsp3) is 0.250. The number of aryl methyl sites for hydroxylation is 4. The molecule has 0 aromatic heterocycles. The molecule has 7 rings (SSSR count). The van der Waals surface area contributed by atoms with Crippen LogP contribution in [0.25, 0.3) is 0 Å². The summed E-state index contributed by atoms with van der Waals surface area (Å²) in [4.78, 5) is 0. The second-order valence-corrected chi connectivity index (χ2v) is 14.8. The van der Waals surface area contributed by atoms with Gasteiger partial charge >= 0.3 is 0 Å². The Morgan fingerprint density at radius 3 is 0.907 bits per heavy atom. The fourth-order valence-corrected chi connectivity index (χ4v) is 8.07. The number of rotatable bonds is 6. The summed E-state index contributed by atoms with van der Waals surface area (Å²) in [5.41, 5.74) is 19.4. The summed E-state index contributed by atoms with van der Waals surface area (Å²) in [6.45, 7) is 16.1. The zero-order valence-electron chi connectivity index (χ0n) is 32.5. The lowest BCUT2D eigenvalue weighted by Crippen LogP contribution is -2.18. The third-order valence-electron chi connectivity index (χ3n) is 10.9. The first kappa shape index (κ1) is 36.5. The van der Waals surface area contributed by atoms with Crippen molar-refractivity contribution in [2.75, 3.05) is 31.9 Å². The lowest BCUT2D eigenvalue weighted by atomic mass is 9.93. The topological polar surface area (TPSA) is 72.2 Å². The van der Waals surface area contributed by atoms with Crippen LogP contribution >= 0.6 is 0 Å². The van der Waals surface area contributed by atoms with Crippen LogP contribution < -0.4 is 31.9 Å². The Hall–Kier alpha value is -5.88. The molecule has 1 aliphatic heterocycles. The number of benzene rings is 6. The van der Waals surface area contributed by atoms with Crippen molar-refractivity contribution in [3.63, 3.8) is 0 Å². The summed E-state index contributed by atoms with van der Waals surface area (Å²) < 4.78 is 0. The number of anilines is 6. The molecule has 276 valence electrons. The summed E-state index contributed by atoms with van der Waals surface area (Å²) in [7, 11) is 0. The molecule has 1 heterocycles. The van der Waals surface area contributed by atoms with Gasteiger partial charge in [-0.3, -0.25) is 0 Å². The molecule has 4 bridgehead atoms. The summed E-state index contributed by atoms with van der Waals surface area (Å²) in [5, 5.41) is 23.1. The van der Waals surface area contributed by atoms with Gasteiger partial charge in [0.25, 0.3) is 0 Å². The average Bonchev–Trinajstić information content (AvgIpc) is 3.17. The van der Waals surface area contributed by atoms with Crippen LogP contribution in [0.2, 0.25) is 0 Å². The van der Waals surface area contributed by atoms with E-state index in [1.54, 1.807) is 0 Å². The number of fused-ring (bicyclic) bond motifs is 6. The van der Waals surface area contributed by atoms with Crippen molar-refractivity contribution >= 4 is 34.1 Å².